The van der Waals surface area contributed by atoms with Crippen LogP contribution in [0.3, 0.4) is 0 Å². The summed E-state index contributed by atoms with van der Waals surface area (Å²) < 4.78 is 0. The van der Waals surface area contributed by atoms with Crippen LogP contribution in [0.15, 0.2) is 0 Å². The van der Waals surface area contributed by atoms with Crippen molar-refractivity contribution in [3.8, 4) is 0 Å². The second-order valence-corrected chi connectivity index (χ2v) is 2.69. The van der Waals surface area contributed by atoms with Gasteiger partial charge in [-0.2, -0.15) is 0 Å². The molecule has 56 valence electrons. The van der Waals surface area contributed by atoms with Crippen molar-refractivity contribution in [3.05, 3.63) is 0 Å². The first-order valence-electron chi connectivity index (χ1n) is 3.59. The lowest BCUT2D eigenvalue weighted by molar-refractivity contribution is 0.259. The minimum absolute atomic E-state index is 0.109. The molecule has 0 saturated heterocycles. The van der Waals surface area contributed by atoms with Crippen LogP contribution < -0.4 is 5.32 Å². The van der Waals surface area contributed by atoms with E-state index in [1.165, 1.54) is 6.42 Å². The van der Waals surface area contributed by atoms with Gasteiger partial charge in [0.25, 0.3) is 0 Å². The van der Waals surface area contributed by atoms with E-state index in [0.717, 1.165) is 18.9 Å². The highest BCUT2D eigenvalue weighted by molar-refractivity contribution is 4.47. The Labute approximate surface area is 57.3 Å². The van der Waals surface area contributed by atoms with Gasteiger partial charge < -0.3 is 5.11 Å². The highest BCUT2D eigenvalue weighted by Crippen LogP contribution is 2.01. The Hall–Kier alpha value is -0.0800. The third-order valence-electron chi connectivity index (χ3n) is 1.25. The summed E-state index contributed by atoms with van der Waals surface area (Å²) in [5.74, 6) is 0.783. The summed E-state index contributed by atoms with van der Waals surface area (Å²) in [7, 11) is 0. The maximum absolute atomic E-state index is 8.32. The number of hydrogen-bond donors (Lipinski definition) is 2. The maximum Gasteiger partial charge on any atom is 0.0931 e. The van der Waals surface area contributed by atoms with E-state index >= 15 is 0 Å². The number of aliphatic hydroxyl groups excluding tert-OH is 1. The van der Waals surface area contributed by atoms with Gasteiger partial charge in [0.2, 0.25) is 0 Å². The van der Waals surface area contributed by atoms with E-state index in [2.05, 4.69) is 19.2 Å². The molecule has 0 amide bonds. The summed E-state index contributed by atoms with van der Waals surface area (Å²) >= 11 is 0. The summed E-state index contributed by atoms with van der Waals surface area (Å²) in [6.45, 7) is 5.46. The zero-order chi connectivity index (χ0) is 7.11. The van der Waals surface area contributed by atoms with Crippen molar-refractivity contribution < 1.29 is 5.11 Å². The molecule has 9 heavy (non-hydrogen) atoms. The Kier molecular flexibility index (Phi) is 5.99. The van der Waals surface area contributed by atoms with Crippen LogP contribution in [0, 0.1) is 5.92 Å². The van der Waals surface area contributed by atoms with Gasteiger partial charge in [-0.05, 0) is 25.3 Å². The molecule has 2 heteroatoms. The SMILES string of the molecule is CC(C)CCCNCO. The largest absolute Gasteiger partial charge is 0.381 e. The molecule has 0 aliphatic rings. The highest BCUT2D eigenvalue weighted by atomic mass is 16.3. The first kappa shape index (κ1) is 8.92. The predicted molar refractivity (Wildman–Crippen MR) is 39.2 cm³/mol. The van der Waals surface area contributed by atoms with Crippen molar-refractivity contribution in [3.63, 3.8) is 0 Å². The summed E-state index contributed by atoms with van der Waals surface area (Å²) in [5.41, 5.74) is 0. The molecular formula is C7H17NO. The van der Waals surface area contributed by atoms with Gasteiger partial charge in [0.05, 0.1) is 6.73 Å². The Bertz CT molecular complexity index is 54.9. The third-order valence-corrected chi connectivity index (χ3v) is 1.25. The second-order valence-electron chi connectivity index (χ2n) is 2.69. The lowest BCUT2D eigenvalue weighted by Crippen LogP contribution is -2.16. The van der Waals surface area contributed by atoms with E-state index in [-0.39, 0.29) is 6.73 Å². The molecule has 0 spiro atoms. The monoisotopic (exact) mass is 131 g/mol. The van der Waals surface area contributed by atoms with E-state index in [9.17, 15) is 0 Å². The lowest BCUT2D eigenvalue weighted by Gasteiger charge is -2.03. The Morgan fingerprint density at radius 1 is 1.44 bits per heavy atom. The standard InChI is InChI=1S/C7H17NO/c1-7(2)4-3-5-8-6-9/h7-9H,3-6H2,1-2H3. The van der Waals surface area contributed by atoms with E-state index in [0.29, 0.717) is 0 Å². The van der Waals surface area contributed by atoms with Gasteiger partial charge >= 0.3 is 0 Å². The first-order valence-corrected chi connectivity index (χ1v) is 3.59. The Morgan fingerprint density at radius 2 is 2.11 bits per heavy atom. The van der Waals surface area contributed by atoms with Crippen molar-refractivity contribution in [1.82, 2.24) is 5.32 Å². The molecule has 0 fully saturated rings. The molecule has 0 bridgehead atoms. The topological polar surface area (TPSA) is 32.3 Å². The number of aliphatic hydroxyl groups is 1. The third kappa shape index (κ3) is 7.92. The van der Waals surface area contributed by atoms with E-state index < -0.39 is 0 Å². The van der Waals surface area contributed by atoms with Gasteiger partial charge in [0.15, 0.2) is 0 Å². The Morgan fingerprint density at radius 3 is 2.56 bits per heavy atom. The average Bonchev–Trinajstić information content (AvgIpc) is 1.80. The van der Waals surface area contributed by atoms with Gasteiger partial charge in [0, 0.05) is 0 Å². The minimum atomic E-state index is 0.109. The normalized spacial score (nSPS) is 10.7. The summed E-state index contributed by atoms with van der Waals surface area (Å²) in [4.78, 5) is 0. The van der Waals surface area contributed by atoms with Gasteiger partial charge in [-0.25, -0.2) is 0 Å². The maximum atomic E-state index is 8.32. The zero-order valence-electron chi connectivity index (χ0n) is 6.35. The number of nitrogens with one attached hydrogen (secondary N) is 1. The molecule has 0 aromatic rings. The molecule has 0 aromatic carbocycles. The van der Waals surface area contributed by atoms with Crippen molar-refractivity contribution >= 4 is 0 Å². The van der Waals surface area contributed by atoms with Crippen LogP contribution in [0.4, 0.5) is 0 Å². The molecule has 0 unspecified atom stereocenters. The van der Waals surface area contributed by atoms with Crippen LogP contribution in [-0.4, -0.2) is 18.4 Å². The van der Waals surface area contributed by atoms with E-state index in [1.54, 1.807) is 0 Å². The van der Waals surface area contributed by atoms with Crippen LogP contribution >= 0.6 is 0 Å². The second kappa shape index (κ2) is 6.05. The van der Waals surface area contributed by atoms with Crippen LogP contribution in [0.2, 0.25) is 0 Å². The van der Waals surface area contributed by atoms with E-state index in [1.807, 2.05) is 0 Å². The molecule has 0 radical (unpaired) electrons. The lowest BCUT2D eigenvalue weighted by atomic mass is 10.1. The van der Waals surface area contributed by atoms with Crippen LogP contribution in [-0.2, 0) is 0 Å². The van der Waals surface area contributed by atoms with Crippen molar-refractivity contribution in [2.45, 2.75) is 26.7 Å². The molecule has 0 aliphatic heterocycles. The fourth-order valence-corrected chi connectivity index (χ4v) is 0.714. The van der Waals surface area contributed by atoms with E-state index in [4.69, 9.17) is 5.11 Å². The number of rotatable bonds is 5. The summed E-state index contributed by atoms with van der Waals surface area (Å²) in [5, 5.41) is 11.2. The quantitative estimate of drug-likeness (QED) is 0.430. The number of hydrogen-bond acceptors (Lipinski definition) is 2. The molecule has 2 nitrogen and oxygen atoms in total. The molecule has 2 N–H and O–H groups in total. The fourth-order valence-electron chi connectivity index (χ4n) is 0.714. The van der Waals surface area contributed by atoms with Crippen LogP contribution in [0.25, 0.3) is 0 Å². The average molecular weight is 131 g/mol. The van der Waals surface area contributed by atoms with Gasteiger partial charge in [0.1, 0.15) is 0 Å². The minimum Gasteiger partial charge on any atom is -0.381 e. The van der Waals surface area contributed by atoms with Gasteiger partial charge in [-0.15, -0.1) is 0 Å². The van der Waals surface area contributed by atoms with Crippen molar-refractivity contribution in [1.29, 1.82) is 0 Å². The first-order chi connectivity index (χ1) is 4.27. The zero-order valence-corrected chi connectivity index (χ0v) is 6.35. The molecule has 0 saturated carbocycles. The molecule has 0 aromatic heterocycles. The van der Waals surface area contributed by atoms with Crippen LogP contribution in [0.1, 0.15) is 26.7 Å². The molecular weight excluding hydrogens is 114 g/mol. The smallest absolute Gasteiger partial charge is 0.0931 e. The fraction of sp³-hybridized carbons (Fsp3) is 1.00. The molecule has 0 atom stereocenters. The highest BCUT2D eigenvalue weighted by Gasteiger charge is 1.91. The molecule has 0 rings (SSSR count). The summed E-state index contributed by atoms with van der Waals surface area (Å²) in [6.07, 6.45) is 2.41. The summed E-state index contributed by atoms with van der Waals surface area (Å²) in [6, 6.07) is 0. The molecule has 0 heterocycles. The Balaban J connectivity index is 2.75. The molecule has 0 aliphatic carbocycles. The van der Waals surface area contributed by atoms with Crippen molar-refractivity contribution in [2.75, 3.05) is 13.3 Å². The predicted octanol–water partition coefficient (Wildman–Crippen LogP) is 0.962. The van der Waals surface area contributed by atoms with Crippen LogP contribution in [0.5, 0.6) is 0 Å². The van der Waals surface area contributed by atoms with Gasteiger partial charge in [-0.1, -0.05) is 13.8 Å². The van der Waals surface area contributed by atoms with Gasteiger partial charge in [-0.3, -0.25) is 5.32 Å². The van der Waals surface area contributed by atoms with Crippen molar-refractivity contribution in [2.24, 2.45) is 5.92 Å².